The zero-order valence-electron chi connectivity index (χ0n) is 21.0. The zero-order valence-corrected chi connectivity index (χ0v) is 21.7. The van der Waals surface area contributed by atoms with Crippen LogP contribution >= 0.6 is 11.6 Å². The number of aromatic hydroxyl groups is 1. The lowest BCUT2D eigenvalue weighted by molar-refractivity contribution is -0.122. The summed E-state index contributed by atoms with van der Waals surface area (Å²) in [6.07, 6.45) is 0. The summed E-state index contributed by atoms with van der Waals surface area (Å²) in [5.41, 5.74) is 9.32. The number of likely N-dealkylation sites (N-methyl/N-ethyl adjacent to an activating group) is 1. The Morgan fingerprint density at radius 2 is 1.70 bits per heavy atom. The van der Waals surface area contributed by atoms with Crippen LogP contribution < -0.4 is 16.0 Å². The molecule has 190 valence electrons. The van der Waals surface area contributed by atoms with E-state index in [0.717, 1.165) is 10.9 Å². The van der Waals surface area contributed by atoms with Gasteiger partial charge in [-0.2, -0.15) is 0 Å². The fraction of sp³-hybridized carbons (Fsp3) is 0.179. The molecule has 0 saturated heterocycles. The number of aromatic nitrogens is 1. The number of nitrogens with zero attached hydrogens (tertiary/aromatic N) is 2. The number of rotatable bonds is 6. The number of carbonyl (C=O) groups excluding carboxylic acids is 2. The van der Waals surface area contributed by atoms with Gasteiger partial charge in [0.25, 0.3) is 0 Å². The number of aromatic amines is 1. The van der Waals surface area contributed by atoms with Gasteiger partial charge in [0.05, 0.1) is 28.0 Å². The van der Waals surface area contributed by atoms with Gasteiger partial charge in [-0.1, -0.05) is 29.8 Å². The fourth-order valence-electron chi connectivity index (χ4n) is 4.00. The van der Waals surface area contributed by atoms with Crippen LogP contribution in [0.25, 0.3) is 10.9 Å². The number of halogens is 1. The molecule has 2 amide bonds. The van der Waals surface area contributed by atoms with Gasteiger partial charge >= 0.3 is 0 Å². The molecule has 0 aliphatic carbocycles. The van der Waals surface area contributed by atoms with Crippen LogP contribution in [-0.2, 0) is 9.59 Å². The van der Waals surface area contributed by atoms with Crippen molar-refractivity contribution in [3.05, 3.63) is 82.9 Å². The highest BCUT2D eigenvalue weighted by molar-refractivity contribution is 6.31. The van der Waals surface area contributed by atoms with Crippen molar-refractivity contribution in [2.45, 2.75) is 26.3 Å². The quantitative estimate of drug-likeness (QED) is 0.257. The summed E-state index contributed by atoms with van der Waals surface area (Å²) >= 11 is 6.15. The van der Waals surface area contributed by atoms with Crippen molar-refractivity contribution in [2.24, 2.45) is 10.7 Å². The van der Waals surface area contributed by atoms with Gasteiger partial charge in [0.2, 0.25) is 11.8 Å². The molecule has 37 heavy (non-hydrogen) atoms. The van der Waals surface area contributed by atoms with Crippen LogP contribution in [0.1, 0.15) is 31.9 Å². The lowest BCUT2D eigenvalue weighted by atomic mass is 10.0. The predicted molar refractivity (Wildman–Crippen MR) is 149 cm³/mol. The Morgan fingerprint density at radius 1 is 1.05 bits per heavy atom. The minimum absolute atomic E-state index is 0.0471. The summed E-state index contributed by atoms with van der Waals surface area (Å²) in [6, 6.07) is 19.6. The largest absolute Gasteiger partial charge is 0.494 e. The Morgan fingerprint density at radius 3 is 2.30 bits per heavy atom. The topological polar surface area (TPSA) is 124 Å². The van der Waals surface area contributed by atoms with Crippen molar-refractivity contribution in [1.29, 1.82) is 0 Å². The van der Waals surface area contributed by atoms with Gasteiger partial charge < -0.3 is 26.0 Å². The predicted octanol–water partition coefficient (Wildman–Crippen LogP) is 5.35. The molecular formula is C28H28ClN5O3. The molecule has 0 aliphatic heterocycles. The standard InChI is InChI=1S/C28H28ClN5O3/c1-16(35)31-19-8-5-17(6-9-19)25(24-22-14-7-18(29)15-23(22)33-26(24)36)32-20-10-12-21(13-11-20)34(4)27(37)28(2,3)30/h5-15,33,36H,30H2,1-4H3,(H,31,35). The van der Waals surface area contributed by atoms with E-state index in [0.29, 0.717) is 38.9 Å². The summed E-state index contributed by atoms with van der Waals surface area (Å²) in [7, 11) is 1.67. The third-order valence-corrected chi connectivity index (χ3v) is 6.03. The second kappa shape index (κ2) is 10.1. The number of fused-ring (bicyclic) bond motifs is 1. The first-order chi connectivity index (χ1) is 17.4. The monoisotopic (exact) mass is 517 g/mol. The maximum atomic E-state index is 12.6. The summed E-state index contributed by atoms with van der Waals surface area (Å²) in [5.74, 6) is -0.436. The molecule has 0 saturated carbocycles. The van der Waals surface area contributed by atoms with E-state index in [-0.39, 0.29) is 17.7 Å². The second-order valence-corrected chi connectivity index (χ2v) is 9.80. The van der Waals surface area contributed by atoms with Gasteiger partial charge in [0.15, 0.2) is 5.88 Å². The van der Waals surface area contributed by atoms with Gasteiger partial charge in [0, 0.05) is 41.3 Å². The molecule has 4 rings (SSSR count). The van der Waals surface area contributed by atoms with Crippen LogP contribution in [0.4, 0.5) is 17.1 Å². The van der Waals surface area contributed by atoms with E-state index in [1.54, 1.807) is 69.4 Å². The van der Waals surface area contributed by atoms with Gasteiger partial charge in [0.1, 0.15) is 0 Å². The van der Waals surface area contributed by atoms with E-state index in [2.05, 4.69) is 10.3 Å². The van der Waals surface area contributed by atoms with Crippen molar-refractivity contribution in [3.8, 4) is 5.88 Å². The molecule has 0 unspecified atom stereocenters. The van der Waals surface area contributed by atoms with Crippen molar-refractivity contribution in [1.82, 2.24) is 4.98 Å². The Kier molecular flexibility index (Phi) is 7.07. The number of carbonyl (C=O) groups is 2. The maximum Gasteiger partial charge on any atom is 0.246 e. The Labute approximate surface area is 219 Å². The third-order valence-electron chi connectivity index (χ3n) is 5.79. The lowest BCUT2D eigenvalue weighted by Crippen LogP contribution is -2.49. The minimum atomic E-state index is -1.00. The van der Waals surface area contributed by atoms with Gasteiger partial charge in [-0.25, -0.2) is 4.99 Å². The van der Waals surface area contributed by atoms with Crippen molar-refractivity contribution in [2.75, 3.05) is 17.3 Å². The molecule has 0 fully saturated rings. The van der Waals surface area contributed by atoms with Crippen LogP contribution in [0.15, 0.2) is 71.7 Å². The Hall–Kier alpha value is -4.14. The molecule has 0 aliphatic rings. The molecule has 0 bridgehead atoms. The van der Waals surface area contributed by atoms with E-state index in [1.807, 2.05) is 18.2 Å². The molecule has 4 aromatic rings. The molecule has 0 spiro atoms. The van der Waals surface area contributed by atoms with Crippen LogP contribution in [0.5, 0.6) is 5.88 Å². The summed E-state index contributed by atoms with van der Waals surface area (Å²) in [4.78, 5) is 33.3. The number of anilines is 2. The number of amides is 2. The molecule has 8 nitrogen and oxygen atoms in total. The van der Waals surface area contributed by atoms with Crippen LogP contribution in [-0.4, -0.2) is 40.2 Å². The Balaban J connectivity index is 1.81. The number of H-pyrrole nitrogens is 1. The van der Waals surface area contributed by atoms with E-state index in [9.17, 15) is 14.7 Å². The number of nitrogens with two attached hydrogens (primary N) is 1. The number of hydrogen-bond acceptors (Lipinski definition) is 5. The highest BCUT2D eigenvalue weighted by atomic mass is 35.5. The average molecular weight is 518 g/mol. The van der Waals surface area contributed by atoms with Crippen LogP contribution in [0, 0.1) is 0 Å². The normalized spacial score (nSPS) is 12.0. The van der Waals surface area contributed by atoms with Crippen molar-refractivity contribution in [3.63, 3.8) is 0 Å². The SMILES string of the molecule is CC(=O)Nc1ccc(C(=Nc2ccc(N(C)C(=O)C(C)(C)N)cc2)c2c(O)[nH]c3cc(Cl)ccc23)cc1. The smallest absolute Gasteiger partial charge is 0.246 e. The summed E-state index contributed by atoms with van der Waals surface area (Å²) < 4.78 is 0. The molecular weight excluding hydrogens is 490 g/mol. The third kappa shape index (κ3) is 5.66. The molecule has 1 aromatic heterocycles. The minimum Gasteiger partial charge on any atom is -0.494 e. The lowest BCUT2D eigenvalue weighted by Gasteiger charge is -2.25. The highest BCUT2D eigenvalue weighted by Gasteiger charge is 2.26. The van der Waals surface area contributed by atoms with Gasteiger partial charge in [-0.3, -0.25) is 9.59 Å². The van der Waals surface area contributed by atoms with Crippen molar-refractivity contribution >= 4 is 57.1 Å². The molecule has 0 atom stereocenters. The van der Waals surface area contributed by atoms with Gasteiger partial charge in [-0.15, -0.1) is 0 Å². The first-order valence-corrected chi connectivity index (χ1v) is 12.0. The number of nitrogens with one attached hydrogen (secondary N) is 2. The summed E-state index contributed by atoms with van der Waals surface area (Å²) in [6.45, 7) is 4.77. The Bertz CT molecular complexity index is 1500. The van der Waals surface area contributed by atoms with Crippen LogP contribution in [0.3, 0.4) is 0 Å². The van der Waals surface area contributed by atoms with Gasteiger partial charge in [-0.05, 0) is 62.4 Å². The molecule has 5 N–H and O–H groups in total. The second-order valence-electron chi connectivity index (χ2n) is 9.36. The van der Waals surface area contributed by atoms with E-state index >= 15 is 0 Å². The maximum absolute atomic E-state index is 12.6. The zero-order chi connectivity index (χ0) is 26.9. The first kappa shape index (κ1) is 25.9. The van der Waals surface area contributed by atoms with Crippen LogP contribution in [0.2, 0.25) is 5.02 Å². The molecule has 1 heterocycles. The van der Waals surface area contributed by atoms with E-state index < -0.39 is 5.54 Å². The molecule has 0 radical (unpaired) electrons. The number of hydrogen-bond donors (Lipinski definition) is 4. The number of aliphatic imine (C=N–C) groups is 1. The summed E-state index contributed by atoms with van der Waals surface area (Å²) in [5, 5.41) is 14.9. The van der Waals surface area contributed by atoms with Crippen molar-refractivity contribution < 1.29 is 14.7 Å². The molecule has 3 aromatic carbocycles. The molecule has 9 heteroatoms. The average Bonchev–Trinajstić information content (AvgIpc) is 3.16. The number of benzene rings is 3. The fourth-order valence-corrected chi connectivity index (χ4v) is 4.18. The highest BCUT2D eigenvalue weighted by Crippen LogP contribution is 2.33. The first-order valence-electron chi connectivity index (χ1n) is 11.6. The van der Waals surface area contributed by atoms with E-state index in [4.69, 9.17) is 22.3 Å². The van der Waals surface area contributed by atoms with E-state index in [1.165, 1.54) is 11.8 Å².